The summed E-state index contributed by atoms with van der Waals surface area (Å²) in [5.74, 6) is 0.874. The van der Waals surface area contributed by atoms with Gasteiger partial charge < -0.3 is 14.4 Å². The fraction of sp³-hybridized carbons (Fsp3) is 0.444. The third-order valence-corrected chi connectivity index (χ3v) is 6.45. The van der Waals surface area contributed by atoms with Gasteiger partial charge in [-0.1, -0.05) is 42.8 Å². The third kappa shape index (κ3) is 6.10. The molecule has 0 radical (unpaired) electrons. The van der Waals surface area contributed by atoms with E-state index in [1.54, 1.807) is 0 Å². The van der Waals surface area contributed by atoms with Crippen LogP contribution in [0.1, 0.15) is 30.5 Å². The standard InChI is InChI=1S/C27H33N5O2/c1-4-10-31(11-5-1)12-17-34-27-29-25(19-26(30-27)32-13-15-33-16-14-32)21-28-20-22-8-9-23-6-2-3-7-24(23)18-22/h2-3,6-9,18-19,21H,1,4-5,10-17,20H2. The quantitative estimate of drug-likeness (QED) is 0.476. The van der Waals surface area contributed by atoms with Crippen LogP contribution in [0.3, 0.4) is 0 Å². The Morgan fingerprint density at radius 3 is 2.59 bits per heavy atom. The number of benzene rings is 2. The number of hydrogen-bond acceptors (Lipinski definition) is 7. The van der Waals surface area contributed by atoms with Crippen molar-refractivity contribution in [2.45, 2.75) is 25.8 Å². The van der Waals surface area contributed by atoms with Crippen molar-refractivity contribution in [2.24, 2.45) is 4.99 Å². The summed E-state index contributed by atoms with van der Waals surface area (Å²) in [7, 11) is 0. The van der Waals surface area contributed by atoms with Crippen molar-refractivity contribution in [1.82, 2.24) is 14.9 Å². The number of nitrogens with zero attached hydrogens (tertiary/aromatic N) is 5. The number of rotatable bonds is 8. The molecule has 0 N–H and O–H groups in total. The van der Waals surface area contributed by atoms with Crippen molar-refractivity contribution >= 4 is 22.8 Å². The molecule has 3 aromatic rings. The number of aromatic nitrogens is 2. The van der Waals surface area contributed by atoms with Crippen molar-refractivity contribution in [3.8, 4) is 6.01 Å². The summed E-state index contributed by atoms with van der Waals surface area (Å²) in [5, 5.41) is 2.48. The SMILES string of the molecule is C(=NCc1ccc2ccccc2c1)c1cc(N2CCOCC2)nc(OCCN2CCCCC2)n1. The summed E-state index contributed by atoms with van der Waals surface area (Å²) in [4.78, 5) is 18.7. The average molecular weight is 460 g/mol. The van der Waals surface area contributed by atoms with E-state index in [1.807, 2.05) is 12.3 Å². The van der Waals surface area contributed by atoms with Crippen molar-refractivity contribution in [3.05, 3.63) is 59.8 Å². The molecule has 2 aliphatic rings. The second-order valence-corrected chi connectivity index (χ2v) is 8.94. The lowest BCUT2D eigenvalue weighted by molar-refractivity contribution is 0.122. The number of likely N-dealkylation sites (tertiary alicyclic amines) is 1. The highest BCUT2D eigenvalue weighted by Gasteiger charge is 2.16. The van der Waals surface area contributed by atoms with E-state index in [4.69, 9.17) is 14.5 Å². The van der Waals surface area contributed by atoms with Crippen LogP contribution in [0.25, 0.3) is 10.8 Å². The Labute approximate surface area is 201 Å². The van der Waals surface area contributed by atoms with Gasteiger partial charge in [-0.05, 0) is 48.3 Å². The molecule has 178 valence electrons. The van der Waals surface area contributed by atoms with Gasteiger partial charge in [-0.15, -0.1) is 0 Å². The second-order valence-electron chi connectivity index (χ2n) is 8.94. The molecule has 0 unspecified atom stereocenters. The largest absolute Gasteiger partial charge is 0.462 e. The fourth-order valence-electron chi connectivity index (χ4n) is 4.55. The summed E-state index contributed by atoms with van der Waals surface area (Å²) in [5.41, 5.74) is 1.95. The molecular weight excluding hydrogens is 426 g/mol. The monoisotopic (exact) mass is 459 g/mol. The highest BCUT2D eigenvalue weighted by molar-refractivity contribution is 5.83. The Morgan fingerprint density at radius 2 is 1.74 bits per heavy atom. The van der Waals surface area contributed by atoms with E-state index in [0.717, 1.165) is 44.2 Å². The van der Waals surface area contributed by atoms with E-state index in [2.05, 4.69) is 62.2 Å². The minimum Gasteiger partial charge on any atom is -0.462 e. The van der Waals surface area contributed by atoms with Gasteiger partial charge in [-0.3, -0.25) is 9.89 Å². The average Bonchev–Trinajstić information content (AvgIpc) is 2.90. The Morgan fingerprint density at radius 1 is 0.912 bits per heavy atom. The van der Waals surface area contributed by atoms with Crippen molar-refractivity contribution in [3.63, 3.8) is 0 Å². The summed E-state index contributed by atoms with van der Waals surface area (Å²) in [6, 6.07) is 17.3. The highest BCUT2D eigenvalue weighted by Crippen LogP contribution is 2.19. The first-order valence-electron chi connectivity index (χ1n) is 12.4. The van der Waals surface area contributed by atoms with Gasteiger partial charge in [0.2, 0.25) is 0 Å². The lowest BCUT2D eigenvalue weighted by atomic mass is 10.1. The predicted octanol–water partition coefficient (Wildman–Crippen LogP) is 3.95. The van der Waals surface area contributed by atoms with Crippen molar-refractivity contribution in [1.29, 1.82) is 0 Å². The molecule has 3 heterocycles. The number of anilines is 1. The van der Waals surface area contributed by atoms with Gasteiger partial charge in [-0.25, -0.2) is 0 Å². The number of fused-ring (bicyclic) bond motifs is 1. The highest BCUT2D eigenvalue weighted by atomic mass is 16.5. The first-order chi connectivity index (χ1) is 16.8. The smallest absolute Gasteiger partial charge is 0.319 e. The van der Waals surface area contributed by atoms with Crippen LogP contribution in [-0.4, -0.2) is 73.6 Å². The molecular formula is C27H33N5O2. The number of piperidine rings is 1. The number of ether oxygens (including phenoxy) is 2. The van der Waals surface area contributed by atoms with Crippen molar-refractivity contribution in [2.75, 3.05) is 57.4 Å². The van der Waals surface area contributed by atoms with Crippen LogP contribution < -0.4 is 9.64 Å². The Balaban J connectivity index is 1.28. The molecule has 2 saturated heterocycles. The van der Waals surface area contributed by atoms with Gasteiger partial charge in [-0.2, -0.15) is 9.97 Å². The number of hydrogen-bond donors (Lipinski definition) is 0. The molecule has 7 heteroatoms. The molecule has 0 aliphatic carbocycles. The summed E-state index contributed by atoms with van der Waals surface area (Å²) < 4.78 is 11.5. The normalized spacial score (nSPS) is 17.5. The minimum atomic E-state index is 0.424. The second kappa shape index (κ2) is 11.4. The lowest BCUT2D eigenvalue weighted by Gasteiger charge is -2.28. The molecule has 2 fully saturated rings. The van der Waals surface area contributed by atoms with Gasteiger partial charge in [0.1, 0.15) is 12.4 Å². The molecule has 2 aliphatic heterocycles. The third-order valence-electron chi connectivity index (χ3n) is 6.45. The van der Waals surface area contributed by atoms with E-state index < -0.39 is 0 Å². The van der Waals surface area contributed by atoms with Crippen LogP contribution in [0.15, 0.2) is 53.5 Å². The molecule has 0 bridgehead atoms. The van der Waals surface area contributed by atoms with E-state index in [-0.39, 0.29) is 0 Å². The van der Waals surface area contributed by atoms with Crippen molar-refractivity contribution < 1.29 is 9.47 Å². The zero-order chi connectivity index (χ0) is 23.0. The van der Waals surface area contributed by atoms with E-state index in [0.29, 0.717) is 32.4 Å². The van der Waals surface area contributed by atoms with Crippen LogP contribution >= 0.6 is 0 Å². The van der Waals surface area contributed by atoms with Crippen LogP contribution in [0.4, 0.5) is 5.82 Å². The maximum Gasteiger partial charge on any atom is 0.319 e. The number of aliphatic imine (C=N–C) groups is 1. The van der Waals surface area contributed by atoms with Gasteiger partial charge in [0, 0.05) is 31.9 Å². The molecule has 1 aromatic heterocycles. The molecule has 0 atom stereocenters. The van der Waals surface area contributed by atoms with Gasteiger partial charge in [0.25, 0.3) is 0 Å². The number of morpholine rings is 1. The maximum atomic E-state index is 6.01. The van der Waals surface area contributed by atoms with Crippen LogP contribution in [0, 0.1) is 0 Å². The Kier molecular flexibility index (Phi) is 7.63. The van der Waals surface area contributed by atoms with Gasteiger partial charge in [0.05, 0.1) is 25.5 Å². The van der Waals surface area contributed by atoms with Crippen LogP contribution in [0.2, 0.25) is 0 Å². The van der Waals surface area contributed by atoms with Crippen LogP contribution in [0.5, 0.6) is 6.01 Å². The lowest BCUT2D eigenvalue weighted by Crippen LogP contribution is -2.37. The van der Waals surface area contributed by atoms with E-state index in [9.17, 15) is 0 Å². The van der Waals surface area contributed by atoms with E-state index >= 15 is 0 Å². The molecule has 0 saturated carbocycles. The van der Waals surface area contributed by atoms with E-state index in [1.165, 1.54) is 35.6 Å². The summed E-state index contributed by atoms with van der Waals surface area (Å²) in [6.45, 7) is 7.48. The maximum absolute atomic E-state index is 6.01. The predicted molar refractivity (Wildman–Crippen MR) is 136 cm³/mol. The molecule has 5 rings (SSSR count). The molecule has 0 amide bonds. The molecule has 7 nitrogen and oxygen atoms in total. The fourth-order valence-corrected chi connectivity index (χ4v) is 4.55. The first-order valence-corrected chi connectivity index (χ1v) is 12.4. The van der Waals surface area contributed by atoms with Gasteiger partial charge >= 0.3 is 6.01 Å². The topological polar surface area (TPSA) is 63.1 Å². The zero-order valence-corrected chi connectivity index (χ0v) is 19.7. The summed E-state index contributed by atoms with van der Waals surface area (Å²) >= 11 is 0. The Hall–Kier alpha value is -3.03. The zero-order valence-electron chi connectivity index (χ0n) is 19.7. The summed E-state index contributed by atoms with van der Waals surface area (Å²) in [6.07, 6.45) is 5.73. The Bertz CT molecular complexity index is 1110. The molecule has 2 aromatic carbocycles. The van der Waals surface area contributed by atoms with Crippen LogP contribution in [-0.2, 0) is 11.3 Å². The molecule has 34 heavy (non-hydrogen) atoms. The van der Waals surface area contributed by atoms with Gasteiger partial charge in [0.15, 0.2) is 0 Å². The minimum absolute atomic E-state index is 0.424. The first kappa shape index (κ1) is 22.7. The molecule has 0 spiro atoms.